The van der Waals surface area contributed by atoms with E-state index in [1.807, 2.05) is 0 Å². The van der Waals surface area contributed by atoms with Crippen LogP contribution in [0.5, 0.6) is 0 Å². The molecule has 0 aromatic rings. The average Bonchev–Trinajstić information content (AvgIpc) is 2.89. The van der Waals surface area contributed by atoms with Gasteiger partial charge in [0.1, 0.15) is 5.78 Å². The van der Waals surface area contributed by atoms with Crippen LogP contribution in [0.25, 0.3) is 0 Å². The van der Waals surface area contributed by atoms with E-state index in [-0.39, 0.29) is 10.5 Å². The van der Waals surface area contributed by atoms with E-state index in [9.17, 15) is 4.79 Å². The monoisotopic (exact) mass is 402 g/mol. The van der Waals surface area contributed by atoms with Gasteiger partial charge >= 0.3 is 0 Å². The van der Waals surface area contributed by atoms with Crippen molar-refractivity contribution in [1.29, 1.82) is 0 Å². The molecule has 3 saturated carbocycles. The first kappa shape index (κ1) is 20.8. The van der Waals surface area contributed by atoms with E-state index in [1.54, 1.807) is 5.57 Å². The lowest BCUT2D eigenvalue weighted by Gasteiger charge is -2.57. The van der Waals surface area contributed by atoms with Gasteiger partial charge in [0.05, 0.1) is 0 Å². The molecule has 0 bridgehead atoms. The summed E-state index contributed by atoms with van der Waals surface area (Å²) < 4.78 is 6.83. The van der Waals surface area contributed by atoms with Crippen LogP contribution in [0.15, 0.2) is 11.6 Å². The summed E-state index contributed by atoms with van der Waals surface area (Å²) in [7, 11) is -1.71. The van der Waals surface area contributed by atoms with E-state index >= 15 is 0 Å². The van der Waals surface area contributed by atoms with E-state index < -0.39 is 8.32 Å². The van der Waals surface area contributed by atoms with Gasteiger partial charge in [-0.05, 0) is 86.2 Å². The van der Waals surface area contributed by atoms with Crippen molar-refractivity contribution in [1.82, 2.24) is 0 Å². The van der Waals surface area contributed by atoms with Crippen LogP contribution in [0.2, 0.25) is 18.1 Å². The molecular formula is C25H42O2Si. The largest absolute Gasteiger partial charge is 0.414 e. The molecule has 0 N–H and O–H groups in total. The van der Waals surface area contributed by atoms with Gasteiger partial charge in [0.25, 0.3) is 0 Å². The molecule has 0 aromatic carbocycles. The molecule has 3 fully saturated rings. The number of hydrogen-bond donors (Lipinski definition) is 0. The zero-order valence-corrected chi connectivity index (χ0v) is 20.4. The zero-order chi connectivity index (χ0) is 20.5. The van der Waals surface area contributed by atoms with Crippen LogP contribution in [0.4, 0.5) is 0 Å². The molecule has 4 rings (SSSR count). The van der Waals surface area contributed by atoms with Crippen molar-refractivity contribution in [3.05, 3.63) is 11.6 Å². The van der Waals surface area contributed by atoms with Gasteiger partial charge in [0.15, 0.2) is 8.32 Å². The van der Waals surface area contributed by atoms with Gasteiger partial charge in [-0.15, -0.1) is 0 Å². The summed E-state index contributed by atoms with van der Waals surface area (Å²) in [6.45, 7) is 16.7. The normalized spacial score (nSPS) is 43.8. The van der Waals surface area contributed by atoms with Gasteiger partial charge in [-0.2, -0.15) is 0 Å². The lowest BCUT2D eigenvalue weighted by Crippen LogP contribution is -2.51. The Labute approximate surface area is 174 Å². The SMILES string of the molecule is CC(C)(C)[Si](C)(C)O[C@H]1CC[C@@]2(C)C(=CC[C@H]3[C@H]4CCC(=O)[C@@]4(C)CC[C@@H]32)C1. The van der Waals surface area contributed by atoms with Crippen molar-refractivity contribution in [3.8, 4) is 0 Å². The van der Waals surface area contributed by atoms with Crippen molar-refractivity contribution >= 4 is 14.1 Å². The smallest absolute Gasteiger partial charge is 0.192 e. The molecule has 0 saturated heterocycles. The van der Waals surface area contributed by atoms with Crippen molar-refractivity contribution < 1.29 is 9.22 Å². The minimum atomic E-state index is -1.71. The molecule has 0 heterocycles. The molecule has 2 nitrogen and oxygen atoms in total. The highest BCUT2D eigenvalue weighted by molar-refractivity contribution is 6.74. The summed E-state index contributed by atoms with van der Waals surface area (Å²) in [5.41, 5.74) is 2.03. The molecule has 28 heavy (non-hydrogen) atoms. The summed E-state index contributed by atoms with van der Waals surface area (Å²) in [6.07, 6.45) is 12.2. The number of carbonyl (C=O) groups excluding carboxylic acids is 1. The lowest BCUT2D eigenvalue weighted by molar-refractivity contribution is -0.131. The second-order valence-corrected chi connectivity index (χ2v) is 17.2. The standard InChI is InChI=1S/C25H42O2Si/c1-23(2,3)28(6,7)27-18-12-14-24(4)17(16-18)8-9-19-20-10-11-22(26)25(20,5)15-13-21(19)24/h8,18-21H,9-16H2,1-7H3/t18-,19-,20+,21-,24-,25-/m0/s1. The Balaban J connectivity index is 1.53. The number of fused-ring (bicyclic) bond motifs is 5. The number of carbonyl (C=O) groups is 1. The van der Waals surface area contributed by atoms with Gasteiger partial charge in [-0.3, -0.25) is 4.79 Å². The Morgan fingerprint density at radius 3 is 2.36 bits per heavy atom. The molecule has 158 valence electrons. The lowest BCUT2D eigenvalue weighted by atomic mass is 9.48. The predicted molar refractivity (Wildman–Crippen MR) is 119 cm³/mol. The minimum Gasteiger partial charge on any atom is -0.414 e. The van der Waals surface area contributed by atoms with Crippen LogP contribution < -0.4 is 0 Å². The Morgan fingerprint density at radius 1 is 1.04 bits per heavy atom. The number of ketones is 1. The second kappa shape index (κ2) is 6.54. The first-order valence-corrected chi connectivity index (χ1v) is 14.7. The average molecular weight is 403 g/mol. The van der Waals surface area contributed by atoms with Crippen LogP contribution in [0.3, 0.4) is 0 Å². The van der Waals surface area contributed by atoms with Gasteiger partial charge in [0.2, 0.25) is 0 Å². The summed E-state index contributed by atoms with van der Waals surface area (Å²) in [6, 6.07) is 0. The maximum Gasteiger partial charge on any atom is 0.192 e. The summed E-state index contributed by atoms with van der Waals surface area (Å²) in [5, 5.41) is 0.280. The Kier molecular flexibility index (Phi) is 4.87. The minimum absolute atomic E-state index is 0.00842. The number of rotatable bonds is 2. The molecule has 6 atom stereocenters. The first-order valence-electron chi connectivity index (χ1n) is 11.8. The van der Waals surface area contributed by atoms with E-state index in [2.05, 4.69) is 53.8 Å². The summed E-state index contributed by atoms with van der Waals surface area (Å²) in [5.74, 6) is 2.71. The third kappa shape index (κ3) is 3.02. The maximum atomic E-state index is 12.6. The fraction of sp³-hybridized carbons (Fsp3) is 0.880. The summed E-state index contributed by atoms with van der Waals surface area (Å²) in [4.78, 5) is 12.6. The molecule has 0 radical (unpaired) electrons. The Bertz CT molecular complexity index is 687. The highest BCUT2D eigenvalue weighted by Gasteiger charge is 2.58. The predicted octanol–water partition coefficient (Wildman–Crippen LogP) is 6.91. The van der Waals surface area contributed by atoms with Crippen LogP contribution in [-0.4, -0.2) is 20.2 Å². The van der Waals surface area contributed by atoms with Crippen LogP contribution in [0.1, 0.15) is 86.0 Å². The third-order valence-corrected chi connectivity index (χ3v) is 14.6. The topological polar surface area (TPSA) is 26.3 Å². The van der Waals surface area contributed by atoms with Crippen LogP contribution in [0, 0.1) is 28.6 Å². The fourth-order valence-electron chi connectivity index (χ4n) is 7.09. The van der Waals surface area contributed by atoms with Gasteiger partial charge < -0.3 is 4.43 Å². The number of Topliss-reactive ketones (excluding diaryl/α,β-unsaturated/α-hetero) is 1. The van der Waals surface area contributed by atoms with E-state index in [4.69, 9.17) is 4.43 Å². The van der Waals surface area contributed by atoms with Crippen molar-refractivity contribution in [3.63, 3.8) is 0 Å². The zero-order valence-electron chi connectivity index (χ0n) is 19.4. The second-order valence-electron chi connectivity index (χ2n) is 12.4. The highest BCUT2D eigenvalue weighted by Crippen LogP contribution is 2.64. The molecule has 0 aromatic heterocycles. The van der Waals surface area contributed by atoms with Gasteiger partial charge in [-0.25, -0.2) is 0 Å². The van der Waals surface area contributed by atoms with Gasteiger partial charge in [0, 0.05) is 17.9 Å². The first-order chi connectivity index (χ1) is 12.9. The van der Waals surface area contributed by atoms with Crippen LogP contribution in [-0.2, 0) is 9.22 Å². The molecule has 0 unspecified atom stereocenters. The van der Waals surface area contributed by atoms with E-state index in [0.29, 0.717) is 23.2 Å². The molecular weight excluding hydrogens is 360 g/mol. The van der Waals surface area contributed by atoms with E-state index in [1.165, 1.54) is 25.7 Å². The quantitative estimate of drug-likeness (QED) is 0.370. The Morgan fingerprint density at radius 2 is 1.68 bits per heavy atom. The Hall–Kier alpha value is -0.413. The summed E-state index contributed by atoms with van der Waals surface area (Å²) >= 11 is 0. The van der Waals surface area contributed by atoms with Crippen molar-refractivity contribution in [2.75, 3.05) is 0 Å². The molecule has 0 aliphatic heterocycles. The fourth-order valence-corrected chi connectivity index (χ4v) is 8.48. The molecule has 4 aliphatic rings. The number of allylic oxidation sites excluding steroid dienone is 1. The molecule has 0 amide bonds. The highest BCUT2D eigenvalue weighted by atomic mass is 28.4. The number of hydrogen-bond acceptors (Lipinski definition) is 2. The maximum absolute atomic E-state index is 12.6. The third-order valence-electron chi connectivity index (χ3n) is 10.0. The van der Waals surface area contributed by atoms with Crippen molar-refractivity contribution in [2.45, 2.75) is 110 Å². The molecule has 0 spiro atoms. The molecule has 3 heteroatoms. The molecule has 4 aliphatic carbocycles. The van der Waals surface area contributed by atoms with Crippen molar-refractivity contribution in [2.24, 2.45) is 28.6 Å². The van der Waals surface area contributed by atoms with Gasteiger partial charge in [-0.1, -0.05) is 46.3 Å². The van der Waals surface area contributed by atoms with Crippen LogP contribution >= 0.6 is 0 Å². The van der Waals surface area contributed by atoms with E-state index in [0.717, 1.165) is 37.5 Å².